The van der Waals surface area contributed by atoms with E-state index in [9.17, 15) is 9.18 Å². The molecule has 0 unspecified atom stereocenters. The fraction of sp³-hybridized carbons (Fsp3) is 0.500. The molecular formula is C10H15FN2O2. The maximum absolute atomic E-state index is 11.8. The number of carbonyl (C=O) groups is 1. The topological polar surface area (TPSA) is 57.2 Å². The number of carbonyl (C=O) groups excluding carboxylic acids is 1. The van der Waals surface area contributed by atoms with Crippen molar-refractivity contribution in [2.75, 3.05) is 19.0 Å². The van der Waals surface area contributed by atoms with Gasteiger partial charge in [-0.2, -0.15) is 0 Å². The van der Waals surface area contributed by atoms with Crippen LogP contribution in [-0.4, -0.2) is 23.8 Å². The highest BCUT2D eigenvalue weighted by molar-refractivity contribution is 5.89. The smallest absolute Gasteiger partial charge is 0.355 e. The first-order chi connectivity index (χ1) is 7.19. The molecule has 0 aliphatic carbocycles. The van der Waals surface area contributed by atoms with E-state index in [0.717, 1.165) is 6.42 Å². The lowest BCUT2D eigenvalue weighted by Crippen LogP contribution is -2.13. The van der Waals surface area contributed by atoms with Crippen LogP contribution in [0.2, 0.25) is 0 Å². The van der Waals surface area contributed by atoms with Crippen LogP contribution in [0.4, 0.5) is 10.1 Å². The Morgan fingerprint density at radius 3 is 3.00 bits per heavy atom. The van der Waals surface area contributed by atoms with Crippen LogP contribution in [0.15, 0.2) is 12.3 Å². The predicted octanol–water partition coefficient (Wildman–Crippen LogP) is 1.61. The van der Waals surface area contributed by atoms with E-state index in [-0.39, 0.29) is 6.61 Å². The highest BCUT2D eigenvalue weighted by Crippen LogP contribution is 2.12. The molecule has 0 spiro atoms. The fourth-order valence-electron chi connectivity index (χ4n) is 1.33. The SMILES string of the molecule is CCCn1cc(N)cc1C(=O)OCCF. The normalized spacial score (nSPS) is 10.3. The second-order valence-electron chi connectivity index (χ2n) is 3.18. The molecule has 0 radical (unpaired) electrons. The van der Waals surface area contributed by atoms with Gasteiger partial charge in [0.2, 0.25) is 0 Å². The number of nitrogen functional groups attached to an aromatic ring is 1. The summed E-state index contributed by atoms with van der Waals surface area (Å²) in [5, 5.41) is 0. The molecule has 1 rings (SSSR count). The third-order valence-electron chi connectivity index (χ3n) is 1.90. The minimum absolute atomic E-state index is 0.212. The Kier molecular flexibility index (Phi) is 4.15. The Hall–Kier alpha value is -1.52. The lowest BCUT2D eigenvalue weighted by atomic mass is 10.4. The number of rotatable bonds is 5. The predicted molar refractivity (Wildman–Crippen MR) is 55.4 cm³/mol. The van der Waals surface area contributed by atoms with Crippen LogP contribution >= 0.6 is 0 Å². The molecule has 84 valence electrons. The quantitative estimate of drug-likeness (QED) is 0.757. The molecule has 0 saturated heterocycles. The summed E-state index contributed by atoms with van der Waals surface area (Å²) in [4.78, 5) is 11.4. The summed E-state index contributed by atoms with van der Waals surface area (Å²) < 4.78 is 18.2. The molecule has 0 saturated carbocycles. The van der Waals surface area contributed by atoms with Gasteiger partial charge in [-0.05, 0) is 12.5 Å². The second kappa shape index (κ2) is 5.38. The average Bonchev–Trinajstić information content (AvgIpc) is 2.57. The maximum Gasteiger partial charge on any atom is 0.355 e. The van der Waals surface area contributed by atoms with Gasteiger partial charge in [0.15, 0.2) is 0 Å². The number of hydrogen-bond acceptors (Lipinski definition) is 3. The highest BCUT2D eigenvalue weighted by atomic mass is 19.1. The number of nitrogens with zero attached hydrogens (tertiary/aromatic N) is 1. The number of aromatic nitrogens is 1. The zero-order valence-corrected chi connectivity index (χ0v) is 8.70. The number of alkyl halides is 1. The van der Waals surface area contributed by atoms with Crippen LogP contribution in [-0.2, 0) is 11.3 Å². The van der Waals surface area contributed by atoms with Gasteiger partial charge < -0.3 is 15.0 Å². The van der Waals surface area contributed by atoms with Crippen molar-refractivity contribution in [2.24, 2.45) is 0 Å². The Morgan fingerprint density at radius 2 is 2.40 bits per heavy atom. The van der Waals surface area contributed by atoms with Crippen LogP contribution in [0.3, 0.4) is 0 Å². The van der Waals surface area contributed by atoms with E-state index in [0.29, 0.717) is 17.9 Å². The molecule has 1 heterocycles. The number of anilines is 1. The molecule has 0 bridgehead atoms. The summed E-state index contributed by atoms with van der Waals surface area (Å²) in [6.45, 7) is 1.80. The fourth-order valence-corrected chi connectivity index (χ4v) is 1.33. The molecular weight excluding hydrogens is 199 g/mol. The van der Waals surface area contributed by atoms with Crippen molar-refractivity contribution >= 4 is 11.7 Å². The van der Waals surface area contributed by atoms with Crippen molar-refractivity contribution in [1.29, 1.82) is 0 Å². The zero-order chi connectivity index (χ0) is 11.3. The summed E-state index contributed by atoms with van der Waals surface area (Å²) in [5.74, 6) is -0.530. The summed E-state index contributed by atoms with van der Waals surface area (Å²) in [6.07, 6.45) is 2.56. The van der Waals surface area contributed by atoms with Gasteiger partial charge in [0.25, 0.3) is 0 Å². The van der Waals surface area contributed by atoms with Crippen LogP contribution < -0.4 is 5.73 Å². The van der Waals surface area contributed by atoms with E-state index >= 15 is 0 Å². The van der Waals surface area contributed by atoms with Gasteiger partial charge in [-0.1, -0.05) is 6.92 Å². The van der Waals surface area contributed by atoms with Crippen molar-refractivity contribution in [3.05, 3.63) is 18.0 Å². The van der Waals surface area contributed by atoms with Crippen molar-refractivity contribution in [1.82, 2.24) is 4.57 Å². The lowest BCUT2D eigenvalue weighted by molar-refractivity contribution is 0.0468. The molecule has 0 amide bonds. The highest BCUT2D eigenvalue weighted by Gasteiger charge is 2.13. The first kappa shape index (κ1) is 11.6. The summed E-state index contributed by atoms with van der Waals surface area (Å²) >= 11 is 0. The van der Waals surface area contributed by atoms with E-state index in [4.69, 9.17) is 5.73 Å². The lowest BCUT2D eigenvalue weighted by Gasteiger charge is -2.06. The Balaban J connectivity index is 2.77. The molecule has 1 aromatic heterocycles. The van der Waals surface area contributed by atoms with E-state index in [2.05, 4.69) is 4.74 Å². The summed E-state index contributed by atoms with van der Waals surface area (Å²) in [7, 11) is 0. The molecule has 0 aromatic carbocycles. The second-order valence-corrected chi connectivity index (χ2v) is 3.18. The molecule has 15 heavy (non-hydrogen) atoms. The molecule has 0 aliphatic rings. The summed E-state index contributed by atoms with van der Waals surface area (Å²) in [5.41, 5.74) is 6.46. The van der Waals surface area contributed by atoms with Gasteiger partial charge in [-0.25, -0.2) is 9.18 Å². The van der Waals surface area contributed by atoms with Crippen LogP contribution in [0.1, 0.15) is 23.8 Å². The number of hydrogen-bond donors (Lipinski definition) is 1. The first-order valence-corrected chi connectivity index (χ1v) is 4.87. The third-order valence-corrected chi connectivity index (χ3v) is 1.90. The summed E-state index contributed by atoms with van der Waals surface area (Å²) in [6, 6.07) is 1.54. The molecule has 0 atom stereocenters. The maximum atomic E-state index is 11.8. The van der Waals surface area contributed by atoms with E-state index in [1.165, 1.54) is 6.07 Å². The largest absolute Gasteiger partial charge is 0.458 e. The van der Waals surface area contributed by atoms with Crippen LogP contribution in [0.5, 0.6) is 0 Å². The number of esters is 1. The minimum atomic E-state index is -0.671. The van der Waals surface area contributed by atoms with E-state index in [1.807, 2.05) is 6.92 Å². The minimum Gasteiger partial charge on any atom is -0.458 e. The van der Waals surface area contributed by atoms with Crippen LogP contribution in [0, 0.1) is 0 Å². The molecule has 0 fully saturated rings. The van der Waals surface area contributed by atoms with E-state index < -0.39 is 12.6 Å². The average molecular weight is 214 g/mol. The molecule has 5 heteroatoms. The van der Waals surface area contributed by atoms with Gasteiger partial charge in [0.05, 0.1) is 5.69 Å². The zero-order valence-electron chi connectivity index (χ0n) is 8.70. The van der Waals surface area contributed by atoms with Gasteiger partial charge in [-0.15, -0.1) is 0 Å². The Morgan fingerprint density at radius 1 is 1.67 bits per heavy atom. The molecule has 1 aromatic rings. The van der Waals surface area contributed by atoms with E-state index in [1.54, 1.807) is 10.8 Å². The number of halogens is 1. The van der Waals surface area contributed by atoms with Crippen molar-refractivity contribution in [3.8, 4) is 0 Å². The van der Waals surface area contributed by atoms with Crippen LogP contribution in [0.25, 0.3) is 0 Å². The van der Waals surface area contributed by atoms with Gasteiger partial charge in [0, 0.05) is 12.7 Å². The standard InChI is InChI=1S/C10H15FN2O2/c1-2-4-13-7-8(12)6-9(13)10(14)15-5-3-11/h6-7H,2-5,12H2,1H3. The van der Waals surface area contributed by atoms with Crippen molar-refractivity contribution in [2.45, 2.75) is 19.9 Å². The molecule has 4 nitrogen and oxygen atoms in total. The van der Waals surface area contributed by atoms with Gasteiger partial charge in [0.1, 0.15) is 19.0 Å². The van der Waals surface area contributed by atoms with Gasteiger partial charge in [-0.3, -0.25) is 0 Å². The monoisotopic (exact) mass is 214 g/mol. The third kappa shape index (κ3) is 2.97. The van der Waals surface area contributed by atoms with Crippen molar-refractivity contribution in [3.63, 3.8) is 0 Å². The number of ether oxygens (including phenoxy) is 1. The molecule has 2 N–H and O–H groups in total. The Bertz CT molecular complexity index is 336. The Labute approximate surface area is 87.8 Å². The number of nitrogens with two attached hydrogens (primary N) is 1. The van der Waals surface area contributed by atoms with Crippen molar-refractivity contribution < 1.29 is 13.9 Å². The van der Waals surface area contributed by atoms with Gasteiger partial charge >= 0.3 is 5.97 Å². The number of aryl methyl sites for hydroxylation is 1. The molecule has 0 aliphatic heterocycles. The first-order valence-electron chi connectivity index (χ1n) is 4.87.